The third-order valence-electron chi connectivity index (χ3n) is 9.40. The van der Waals surface area contributed by atoms with Crippen molar-refractivity contribution in [1.82, 2.24) is 4.98 Å². The Morgan fingerprint density at radius 1 is 0.860 bits per heavy atom. The summed E-state index contributed by atoms with van der Waals surface area (Å²) in [5.74, 6) is -0.642. The van der Waals surface area contributed by atoms with Gasteiger partial charge in [-0.3, -0.25) is 19.3 Å². The van der Waals surface area contributed by atoms with Crippen LogP contribution in [0.1, 0.15) is 28.3 Å². The maximum absolute atomic E-state index is 14.0. The zero-order valence-electron chi connectivity index (χ0n) is 22.3. The Morgan fingerprint density at radius 2 is 1.58 bits per heavy atom. The summed E-state index contributed by atoms with van der Waals surface area (Å²) in [5, 5.41) is 2.62. The molecule has 8 rings (SSSR count). The predicted molar refractivity (Wildman–Crippen MR) is 170 cm³/mol. The van der Waals surface area contributed by atoms with Crippen molar-refractivity contribution in [2.75, 3.05) is 4.90 Å². The molecule has 0 radical (unpaired) electrons. The standard InChI is InChI=1S/C32H23Cl3N2O4S2/c33-15-4-7-18(8-5-15)37-30(38)25-20-12-21(26(25)31(37)39)27-24(20)23(28-29(42-27)36-32(40)43-28)19-11-17(35)6-9-22(19)41-13-14-2-1-3-16(34)10-14/h1-11,20-21,23-27H,12-13H2,(H,36,40)/t20-,21-,23+,24+,25+,26+,27-/m1/s1. The number of imide groups is 1. The van der Waals surface area contributed by atoms with Gasteiger partial charge in [-0.15, -0.1) is 11.8 Å². The third-order valence-corrected chi connectivity index (χ3v) is 12.7. The minimum atomic E-state index is -0.412. The van der Waals surface area contributed by atoms with Crippen LogP contribution in [0, 0.1) is 29.6 Å². The number of halogens is 3. The third kappa shape index (κ3) is 4.40. The zero-order valence-corrected chi connectivity index (χ0v) is 26.2. The number of carbonyl (C=O) groups excluding carboxylic acids is 2. The van der Waals surface area contributed by atoms with Gasteiger partial charge < -0.3 is 9.72 Å². The zero-order chi connectivity index (χ0) is 29.6. The summed E-state index contributed by atoms with van der Waals surface area (Å²) in [7, 11) is 0. The average Bonchev–Trinajstić information content (AvgIpc) is 3.72. The fraction of sp³-hybridized carbons (Fsp3) is 0.281. The average molecular weight is 670 g/mol. The molecule has 4 aromatic rings. The molecule has 0 spiro atoms. The van der Waals surface area contributed by atoms with E-state index in [9.17, 15) is 14.4 Å². The molecular weight excluding hydrogens is 647 g/mol. The predicted octanol–water partition coefficient (Wildman–Crippen LogP) is 7.65. The first kappa shape index (κ1) is 27.8. The molecular formula is C32H23Cl3N2O4S2. The van der Waals surface area contributed by atoms with Crippen LogP contribution in [-0.2, 0) is 16.2 Å². The number of thioether (sulfide) groups is 1. The summed E-state index contributed by atoms with van der Waals surface area (Å²) in [6, 6.07) is 20.0. The van der Waals surface area contributed by atoms with Gasteiger partial charge in [0.05, 0.1) is 22.5 Å². The van der Waals surface area contributed by atoms with Crippen molar-refractivity contribution in [3.8, 4) is 5.75 Å². The Kier molecular flexibility index (Phi) is 6.73. The maximum Gasteiger partial charge on any atom is 0.305 e. The van der Waals surface area contributed by atoms with E-state index in [2.05, 4.69) is 4.98 Å². The van der Waals surface area contributed by atoms with Gasteiger partial charge in [0.15, 0.2) is 0 Å². The lowest BCUT2D eigenvalue weighted by Gasteiger charge is -2.43. The van der Waals surface area contributed by atoms with Crippen LogP contribution in [0.2, 0.25) is 15.1 Å². The van der Waals surface area contributed by atoms with E-state index >= 15 is 0 Å². The number of nitrogens with zero attached hydrogens (tertiary/aromatic N) is 1. The molecule has 7 atom stereocenters. The number of hydrogen-bond acceptors (Lipinski definition) is 6. The SMILES string of the molecule is O=C1[C@H]2[C@H]3C[C@@H]([C@@H]2C(=O)N1c1ccc(Cl)cc1)[C@H]1[C@H](c2cc(Cl)ccc2OCc2cccc(Cl)c2)c2sc(=O)[nH]c2S[C@H]31. The van der Waals surface area contributed by atoms with E-state index in [1.165, 1.54) is 16.2 Å². The number of anilines is 1. The molecule has 2 aliphatic heterocycles. The quantitative estimate of drug-likeness (QED) is 0.221. The number of ether oxygens (including phenoxy) is 1. The van der Waals surface area contributed by atoms with Gasteiger partial charge >= 0.3 is 4.87 Å². The van der Waals surface area contributed by atoms with Crippen LogP contribution >= 0.6 is 57.9 Å². The first-order valence-corrected chi connectivity index (χ1v) is 16.8. The van der Waals surface area contributed by atoms with Crippen LogP contribution in [0.25, 0.3) is 0 Å². The lowest BCUT2D eigenvalue weighted by Crippen LogP contribution is -2.42. The number of hydrogen-bond donors (Lipinski definition) is 1. The highest BCUT2D eigenvalue weighted by molar-refractivity contribution is 8.00. The van der Waals surface area contributed by atoms with E-state index in [4.69, 9.17) is 39.5 Å². The van der Waals surface area contributed by atoms with E-state index in [0.717, 1.165) is 27.5 Å². The molecule has 3 aromatic carbocycles. The van der Waals surface area contributed by atoms with Crippen LogP contribution in [0.3, 0.4) is 0 Å². The van der Waals surface area contributed by atoms with Gasteiger partial charge in [0.1, 0.15) is 12.4 Å². The molecule has 6 nitrogen and oxygen atoms in total. The number of thiazole rings is 1. The molecule has 3 fully saturated rings. The number of carbonyl (C=O) groups is 2. The van der Waals surface area contributed by atoms with Crippen molar-refractivity contribution in [2.24, 2.45) is 29.6 Å². The van der Waals surface area contributed by atoms with Crippen molar-refractivity contribution in [3.05, 3.63) is 107 Å². The number of H-pyrrole nitrogens is 1. The van der Waals surface area contributed by atoms with Gasteiger partial charge in [0.25, 0.3) is 0 Å². The minimum absolute atomic E-state index is 0.00724. The summed E-state index contributed by atoms with van der Waals surface area (Å²) in [5.41, 5.74) is 2.37. The molecule has 218 valence electrons. The van der Waals surface area contributed by atoms with Gasteiger partial charge in [-0.25, -0.2) is 0 Å². The normalized spacial score (nSPS) is 28.6. The summed E-state index contributed by atoms with van der Waals surface area (Å²) < 4.78 is 6.40. The number of nitrogens with one attached hydrogen (secondary N) is 1. The molecule has 43 heavy (non-hydrogen) atoms. The molecule has 2 aliphatic carbocycles. The highest BCUT2D eigenvalue weighted by atomic mass is 35.5. The monoisotopic (exact) mass is 668 g/mol. The van der Waals surface area contributed by atoms with E-state index in [1.807, 2.05) is 36.4 Å². The second-order valence-corrected chi connectivity index (χ2v) is 15.1. The Hall–Kier alpha value is -2.75. The Morgan fingerprint density at radius 3 is 2.35 bits per heavy atom. The van der Waals surface area contributed by atoms with Crippen LogP contribution in [0.5, 0.6) is 5.75 Å². The topological polar surface area (TPSA) is 79.5 Å². The van der Waals surface area contributed by atoms with Crippen molar-refractivity contribution in [3.63, 3.8) is 0 Å². The summed E-state index contributed by atoms with van der Waals surface area (Å²) in [6.07, 6.45) is 0.790. The van der Waals surface area contributed by atoms with Crippen molar-refractivity contribution < 1.29 is 14.3 Å². The molecule has 1 N–H and O–H groups in total. The van der Waals surface area contributed by atoms with Crippen LogP contribution in [-0.4, -0.2) is 22.0 Å². The second kappa shape index (κ2) is 10.4. The molecule has 1 saturated heterocycles. The summed E-state index contributed by atoms with van der Waals surface area (Å²) in [4.78, 5) is 45.8. The van der Waals surface area contributed by atoms with Gasteiger partial charge in [0.2, 0.25) is 11.8 Å². The van der Waals surface area contributed by atoms with Crippen molar-refractivity contribution in [2.45, 2.75) is 29.2 Å². The minimum Gasteiger partial charge on any atom is -0.489 e. The van der Waals surface area contributed by atoms with E-state index in [0.29, 0.717) is 33.1 Å². The Bertz CT molecular complexity index is 1860. The number of aromatic nitrogens is 1. The van der Waals surface area contributed by atoms with Gasteiger partial charge in [0, 0.05) is 36.7 Å². The molecule has 4 aliphatic rings. The lowest BCUT2D eigenvalue weighted by atomic mass is 9.68. The molecule has 2 amide bonds. The highest BCUT2D eigenvalue weighted by Gasteiger charge is 2.69. The fourth-order valence-electron chi connectivity index (χ4n) is 7.89. The molecule has 11 heteroatoms. The molecule has 1 aromatic heterocycles. The van der Waals surface area contributed by atoms with Crippen molar-refractivity contribution in [1.29, 1.82) is 0 Å². The van der Waals surface area contributed by atoms with Crippen LogP contribution in [0.4, 0.5) is 5.69 Å². The number of aromatic amines is 1. The fourth-order valence-corrected chi connectivity index (χ4v) is 11.3. The Labute approximate surface area is 270 Å². The van der Waals surface area contributed by atoms with Gasteiger partial charge in [-0.05, 0) is 84.3 Å². The van der Waals surface area contributed by atoms with E-state index in [-0.39, 0.29) is 51.5 Å². The van der Waals surface area contributed by atoms with Gasteiger partial charge in [-0.1, -0.05) is 58.3 Å². The lowest BCUT2D eigenvalue weighted by molar-refractivity contribution is -0.123. The van der Waals surface area contributed by atoms with Crippen LogP contribution in [0.15, 0.2) is 76.6 Å². The number of amides is 2. The highest BCUT2D eigenvalue weighted by Crippen LogP contribution is 2.69. The maximum atomic E-state index is 14.0. The van der Waals surface area contributed by atoms with E-state index < -0.39 is 5.92 Å². The van der Waals surface area contributed by atoms with Gasteiger partial charge in [-0.2, -0.15) is 0 Å². The molecule has 3 heterocycles. The first-order chi connectivity index (χ1) is 20.8. The summed E-state index contributed by atoms with van der Waals surface area (Å²) >= 11 is 21.8. The number of rotatable bonds is 5. The second-order valence-electron chi connectivity index (χ2n) is 11.5. The first-order valence-electron chi connectivity index (χ1n) is 14.0. The smallest absolute Gasteiger partial charge is 0.305 e. The molecule has 2 saturated carbocycles. The van der Waals surface area contributed by atoms with E-state index in [1.54, 1.807) is 42.1 Å². The largest absolute Gasteiger partial charge is 0.489 e. The number of benzene rings is 3. The van der Waals surface area contributed by atoms with Crippen molar-refractivity contribution >= 4 is 75.4 Å². The Balaban J connectivity index is 1.20. The molecule has 2 bridgehead atoms. The summed E-state index contributed by atoms with van der Waals surface area (Å²) in [6.45, 7) is 0.306. The molecule has 0 unspecified atom stereocenters. The number of fused-ring (bicyclic) bond motifs is 9. The van der Waals surface area contributed by atoms with Crippen LogP contribution < -0.4 is 14.5 Å².